The summed E-state index contributed by atoms with van der Waals surface area (Å²) < 4.78 is 26.3. The van der Waals surface area contributed by atoms with E-state index in [1.807, 2.05) is 0 Å². The predicted molar refractivity (Wildman–Crippen MR) is 67.4 cm³/mol. The SMILES string of the molecule is CNc1ncccc1S(=O)(=O)NCCCC(N)=O. The van der Waals surface area contributed by atoms with Crippen LogP contribution in [0.2, 0.25) is 0 Å². The third-order valence-corrected chi connectivity index (χ3v) is 3.68. The van der Waals surface area contributed by atoms with Gasteiger partial charge in [-0.1, -0.05) is 0 Å². The van der Waals surface area contributed by atoms with Gasteiger partial charge < -0.3 is 11.1 Å². The molecule has 0 aliphatic carbocycles. The fourth-order valence-electron chi connectivity index (χ4n) is 1.34. The van der Waals surface area contributed by atoms with Gasteiger partial charge >= 0.3 is 0 Å². The molecule has 0 radical (unpaired) electrons. The van der Waals surface area contributed by atoms with Crippen LogP contribution in [0.4, 0.5) is 5.82 Å². The van der Waals surface area contributed by atoms with Gasteiger partial charge in [-0.3, -0.25) is 4.79 Å². The van der Waals surface area contributed by atoms with E-state index >= 15 is 0 Å². The topological polar surface area (TPSA) is 114 Å². The van der Waals surface area contributed by atoms with Crippen LogP contribution in [-0.4, -0.2) is 32.9 Å². The van der Waals surface area contributed by atoms with Crippen molar-refractivity contribution in [2.75, 3.05) is 18.9 Å². The van der Waals surface area contributed by atoms with E-state index in [-0.39, 0.29) is 23.7 Å². The summed E-state index contributed by atoms with van der Waals surface area (Å²) in [5.74, 6) is -0.175. The largest absolute Gasteiger partial charge is 0.372 e. The maximum Gasteiger partial charge on any atom is 0.244 e. The quantitative estimate of drug-likeness (QED) is 0.588. The van der Waals surface area contributed by atoms with Crippen molar-refractivity contribution in [1.82, 2.24) is 9.71 Å². The molecule has 1 amide bonds. The lowest BCUT2D eigenvalue weighted by Crippen LogP contribution is -2.26. The maximum atomic E-state index is 11.9. The molecule has 0 aliphatic rings. The van der Waals surface area contributed by atoms with Gasteiger partial charge in [-0.15, -0.1) is 0 Å². The average Bonchev–Trinajstić information content (AvgIpc) is 2.34. The Balaban J connectivity index is 2.71. The predicted octanol–water partition coefficient (Wildman–Crippen LogP) is -0.333. The van der Waals surface area contributed by atoms with Gasteiger partial charge in [0.1, 0.15) is 10.7 Å². The average molecular weight is 272 g/mol. The molecule has 1 rings (SSSR count). The zero-order chi connectivity index (χ0) is 13.6. The number of hydrogen-bond acceptors (Lipinski definition) is 5. The fourth-order valence-corrected chi connectivity index (χ4v) is 2.58. The van der Waals surface area contributed by atoms with E-state index in [0.29, 0.717) is 6.42 Å². The number of hydrogen-bond donors (Lipinski definition) is 3. The first kappa shape index (κ1) is 14.4. The minimum atomic E-state index is -3.63. The number of carbonyl (C=O) groups excluding carboxylic acids is 1. The smallest absolute Gasteiger partial charge is 0.244 e. The molecule has 0 aromatic carbocycles. The first-order valence-corrected chi connectivity index (χ1v) is 6.86. The minimum Gasteiger partial charge on any atom is -0.372 e. The van der Waals surface area contributed by atoms with Crippen LogP contribution in [0.15, 0.2) is 23.2 Å². The Kier molecular flexibility index (Phi) is 5.05. The highest BCUT2D eigenvalue weighted by atomic mass is 32.2. The number of aromatic nitrogens is 1. The maximum absolute atomic E-state index is 11.9. The summed E-state index contributed by atoms with van der Waals surface area (Å²) in [5, 5.41) is 2.71. The highest BCUT2D eigenvalue weighted by Gasteiger charge is 2.17. The Morgan fingerprint density at radius 2 is 2.22 bits per heavy atom. The molecule has 0 aliphatic heterocycles. The van der Waals surface area contributed by atoms with Gasteiger partial charge in [-0.25, -0.2) is 18.1 Å². The van der Waals surface area contributed by atoms with Gasteiger partial charge in [0.15, 0.2) is 0 Å². The molecule has 0 bridgehead atoms. The van der Waals surface area contributed by atoms with Gasteiger partial charge in [-0.05, 0) is 18.6 Å². The van der Waals surface area contributed by atoms with Gasteiger partial charge in [0.2, 0.25) is 15.9 Å². The Morgan fingerprint density at radius 3 is 2.83 bits per heavy atom. The molecule has 4 N–H and O–H groups in total. The molecule has 0 atom stereocenters. The Labute approximate surface area is 106 Å². The Morgan fingerprint density at radius 1 is 1.50 bits per heavy atom. The molecule has 7 nitrogen and oxygen atoms in total. The third kappa shape index (κ3) is 3.97. The monoisotopic (exact) mass is 272 g/mol. The zero-order valence-electron chi connectivity index (χ0n) is 10.0. The van der Waals surface area contributed by atoms with Crippen LogP contribution in [0.3, 0.4) is 0 Å². The highest BCUT2D eigenvalue weighted by molar-refractivity contribution is 7.89. The number of pyridine rings is 1. The molecule has 0 saturated carbocycles. The van der Waals surface area contributed by atoms with Crippen molar-refractivity contribution in [2.45, 2.75) is 17.7 Å². The van der Waals surface area contributed by atoms with Crippen LogP contribution in [0.1, 0.15) is 12.8 Å². The van der Waals surface area contributed by atoms with E-state index in [1.165, 1.54) is 12.3 Å². The van der Waals surface area contributed by atoms with E-state index in [9.17, 15) is 13.2 Å². The van der Waals surface area contributed by atoms with Crippen LogP contribution in [0.25, 0.3) is 0 Å². The summed E-state index contributed by atoms with van der Waals surface area (Å²) >= 11 is 0. The second kappa shape index (κ2) is 6.31. The van der Waals surface area contributed by atoms with Crippen LogP contribution in [0, 0.1) is 0 Å². The lowest BCUT2D eigenvalue weighted by atomic mass is 10.3. The number of nitrogens with one attached hydrogen (secondary N) is 2. The standard InChI is InChI=1S/C10H16N4O3S/c1-12-10-8(4-2-6-13-10)18(16,17)14-7-3-5-9(11)15/h2,4,6,14H,3,5,7H2,1H3,(H2,11,15)(H,12,13). The number of carbonyl (C=O) groups is 1. The summed E-state index contributed by atoms with van der Waals surface area (Å²) in [6.45, 7) is 0.156. The zero-order valence-corrected chi connectivity index (χ0v) is 10.8. The summed E-state index contributed by atoms with van der Waals surface area (Å²) in [5.41, 5.74) is 4.96. The molecule has 0 unspecified atom stereocenters. The van der Waals surface area contributed by atoms with Crippen molar-refractivity contribution in [3.63, 3.8) is 0 Å². The normalized spacial score (nSPS) is 11.2. The first-order chi connectivity index (χ1) is 8.47. The van der Waals surface area contributed by atoms with Gasteiger partial charge in [0.05, 0.1) is 0 Å². The van der Waals surface area contributed by atoms with E-state index in [4.69, 9.17) is 5.73 Å². The van der Waals surface area contributed by atoms with Crippen molar-refractivity contribution >= 4 is 21.7 Å². The minimum absolute atomic E-state index is 0.0755. The van der Waals surface area contributed by atoms with E-state index < -0.39 is 15.9 Å². The number of anilines is 1. The number of sulfonamides is 1. The van der Waals surface area contributed by atoms with Crippen LogP contribution < -0.4 is 15.8 Å². The second-order valence-electron chi connectivity index (χ2n) is 3.57. The Hall–Kier alpha value is -1.67. The molecule has 1 aromatic rings. The van der Waals surface area contributed by atoms with Gasteiger partial charge in [-0.2, -0.15) is 0 Å². The molecular weight excluding hydrogens is 256 g/mol. The molecule has 0 saturated heterocycles. The lowest BCUT2D eigenvalue weighted by molar-refractivity contribution is -0.118. The number of nitrogens with two attached hydrogens (primary N) is 1. The third-order valence-electron chi connectivity index (χ3n) is 2.19. The summed E-state index contributed by atoms with van der Waals surface area (Å²) in [6.07, 6.45) is 2.01. The number of nitrogens with zero attached hydrogens (tertiary/aromatic N) is 1. The van der Waals surface area contributed by atoms with Crippen molar-refractivity contribution in [2.24, 2.45) is 5.73 Å². The molecule has 1 aromatic heterocycles. The van der Waals surface area contributed by atoms with E-state index in [1.54, 1.807) is 13.1 Å². The fraction of sp³-hybridized carbons (Fsp3) is 0.400. The highest BCUT2D eigenvalue weighted by Crippen LogP contribution is 2.16. The molecule has 100 valence electrons. The summed E-state index contributed by atoms with van der Waals surface area (Å²) in [4.78, 5) is 14.5. The van der Waals surface area contributed by atoms with Gasteiger partial charge in [0.25, 0.3) is 0 Å². The number of primary amides is 1. The van der Waals surface area contributed by atoms with Crippen molar-refractivity contribution < 1.29 is 13.2 Å². The van der Waals surface area contributed by atoms with Crippen molar-refractivity contribution in [3.8, 4) is 0 Å². The molecule has 1 heterocycles. The van der Waals surface area contributed by atoms with E-state index in [2.05, 4.69) is 15.0 Å². The van der Waals surface area contributed by atoms with Crippen molar-refractivity contribution in [1.29, 1.82) is 0 Å². The van der Waals surface area contributed by atoms with E-state index in [0.717, 1.165) is 0 Å². The van der Waals surface area contributed by atoms with Gasteiger partial charge in [0, 0.05) is 26.2 Å². The van der Waals surface area contributed by atoms with Crippen LogP contribution >= 0.6 is 0 Å². The molecule has 18 heavy (non-hydrogen) atoms. The Bertz CT molecular complexity index is 516. The number of rotatable bonds is 7. The van der Waals surface area contributed by atoms with Crippen LogP contribution in [0.5, 0.6) is 0 Å². The van der Waals surface area contributed by atoms with Crippen molar-refractivity contribution in [3.05, 3.63) is 18.3 Å². The second-order valence-corrected chi connectivity index (χ2v) is 5.30. The van der Waals surface area contributed by atoms with Crippen LogP contribution in [-0.2, 0) is 14.8 Å². The molecule has 0 fully saturated rings. The lowest BCUT2D eigenvalue weighted by Gasteiger charge is -2.09. The molecule has 8 heteroatoms. The summed E-state index contributed by atoms with van der Waals surface area (Å²) in [6, 6.07) is 2.99. The number of amides is 1. The first-order valence-electron chi connectivity index (χ1n) is 5.38. The molecule has 0 spiro atoms. The summed E-state index contributed by atoms with van der Waals surface area (Å²) in [7, 11) is -2.04. The molecular formula is C10H16N4O3S.